The Bertz CT molecular complexity index is 1320. The van der Waals surface area contributed by atoms with Crippen molar-refractivity contribution in [1.82, 2.24) is 4.90 Å². The maximum atomic E-state index is 12.0. The number of carbonyl (C=O) groups is 1. The van der Waals surface area contributed by atoms with Gasteiger partial charge in [-0.2, -0.15) is 0 Å². The van der Waals surface area contributed by atoms with E-state index in [0.29, 0.717) is 57.7 Å². The van der Waals surface area contributed by atoms with Gasteiger partial charge < -0.3 is 29.2 Å². The van der Waals surface area contributed by atoms with Crippen molar-refractivity contribution in [1.29, 1.82) is 0 Å². The Morgan fingerprint density at radius 1 is 1.03 bits per heavy atom. The van der Waals surface area contributed by atoms with Gasteiger partial charge in [-0.15, -0.1) is 0 Å². The normalized spacial score (nSPS) is 14.3. The highest BCUT2D eigenvalue weighted by Crippen LogP contribution is 2.39. The van der Waals surface area contributed by atoms with E-state index in [1.807, 2.05) is 18.2 Å². The molecule has 1 atom stereocenters. The van der Waals surface area contributed by atoms with Crippen LogP contribution in [0.25, 0.3) is 0 Å². The zero-order valence-electron chi connectivity index (χ0n) is 21.3. The second-order valence-electron chi connectivity index (χ2n) is 8.48. The SMILES string of the molecule is CCOC(=O)c1ccc(OC[C@@H]2c3cc(OC)c(OC)cc3CCN2C(=S)Nc2ccc(Cl)c(Cl)c2)cc1. The highest BCUT2D eigenvalue weighted by atomic mass is 35.5. The van der Waals surface area contributed by atoms with Gasteiger partial charge in [0, 0.05) is 12.2 Å². The van der Waals surface area contributed by atoms with Gasteiger partial charge in [0.05, 0.1) is 42.5 Å². The summed E-state index contributed by atoms with van der Waals surface area (Å²) in [6, 6.07) is 15.9. The van der Waals surface area contributed by atoms with Crippen LogP contribution >= 0.6 is 35.4 Å². The number of fused-ring (bicyclic) bond motifs is 1. The molecule has 0 aromatic heterocycles. The molecule has 0 unspecified atom stereocenters. The molecule has 0 radical (unpaired) electrons. The average Bonchev–Trinajstić information content (AvgIpc) is 2.93. The van der Waals surface area contributed by atoms with Gasteiger partial charge in [0.15, 0.2) is 16.6 Å². The van der Waals surface area contributed by atoms with E-state index in [0.717, 1.165) is 23.2 Å². The van der Waals surface area contributed by atoms with E-state index in [9.17, 15) is 4.79 Å². The van der Waals surface area contributed by atoms with Crippen molar-refractivity contribution in [2.45, 2.75) is 19.4 Å². The van der Waals surface area contributed by atoms with E-state index in [4.69, 9.17) is 54.4 Å². The summed E-state index contributed by atoms with van der Waals surface area (Å²) in [5.74, 6) is 1.55. The molecule has 1 heterocycles. The second-order valence-corrected chi connectivity index (χ2v) is 9.68. The van der Waals surface area contributed by atoms with Crippen molar-refractivity contribution in [2.75, 3.05) is 39.3 Å². The van der Waals surface area contributed by atoms with Crippen molar-refractivity contribution in [3.63, 3.8) is 0 Å². The van der Waals surface area contributed by atoms with Crippen LogP contribution in [0, 0.1) is 0 Å². The Labute approximate surface area is 237 Å². The van der Waals surface area contributed by atoms with Crippen LogP contribution in [0.1, 0.15) is 34.5 Å². The molecule has 38 heavy (non-hydrogen) atoms. The number of hydrogen-bond acceptors (Lipinski definition) is 6. The number of halogens is 2. The zero-order valence-corrected chi connectivity index (χ0v) is 23.6. The molecule has 0 fully saturated rings. The Hall–Kier alpha value is -3.20. The number of esters is 1. The molecule has 7 nitrogen and oxygen atoms in total. The lowest BCUT2D eigenvalue weighted by Gasteiger charge is -2.39. The summed E-state index contributed by atoms with van der Waals surface area (Å²) >= 11 is 18.1. The van der Waals surface area contributed by atoms with Crippen molar-refractivity contribution in [3.8, 4) is 17.2 Å². The molecule has 0 amide bonds. The topological polar surface area (TPSA) is 69.3 Å². The molecule has 4 rings (SSSR count). The van der Waals surface area contributed by atoms with Crippen LogP contribution < -0.4 is 19.5 Å². The molecular weight excluding hydrogens is 547 g/mol. The van der Waals surface area contributed by atoms with E-state index in [2.05, 4.69) is 10.2 Å². The van der Waals surface area contributed by atoms with E-state index in [-0.39, 0.29) is 12.0 Å². The lowest BCUT2D eigenvalue weighted by atomic mass is 9.92. The van der Waals surface area contributed by atoms with Crippen LogP contribution in [0.3, 0.4) is 0 Å². The van der Waals surface area contributed by atoms with Gasteiger partial charge in [0.2, 0.25) is 0 Å². The first-order valence-electron chi connectivity index (χ1n) is 12.0. The third-order valence-corrected chi connectivity index (χ3v) is 7.28. The summed E-state index contributed by atoms with van der Waals surface area (Å²) in [6.07, 6.45) is 0.754. The van der Waals surface area contributed by atoms with Crippen LogP contribution in [0.2, 0.25) is 10.0 Å². The van der Waals surface area contributed by atoms with Gasteiger partial charge in [-0.25, -0.2) is 4.79 Å². The Balaban J connectivity index is 1.60. The maximum absolute atomic E-state index is 12.0. The Kier molecular flexibility index (Phi) is 9.20. The van der Waals surface area contributed by atoms with Crippen LogP contribution in [0.5, 0.6) is 17.2 Å². The second kappa shape index (κ2) is 12.6. The number of methoxy groups -OCH3 is 2. The minimum atomic E-state index is -0.369. The highest BCUT2D eigenvalue weighted by molar-refractivity contribution is 7.80. The number of carbonyl (C=O) groups excluding carboxylic acids is 1. The lowest BCUT2D eigenvalue weighted by molar-refractivity contribution is 0.0526. The predicted octanol–water partition coefficient (Wildman–Crippen LogP) is 6.56. The third-order valence-electron chi connectivity index (χ3n) is 6.21. The molecule has 200 valence electrons. The zero-order chi connectivity index (χ0) is 27.2. The number of hydrogen-bond donors (Lipinski definition) is 1. The van der Waals surface area contributed by atoms with Crippen LogP contribution in [-0.2, 0) is 11.2 Å². The Morgan fingerprint density at radius 2 is 1.74 bits per heavy atom. The number of nitrogens with zero attached hydrogens (tertiary/aromatic N) is 1. The van der Waals surface area contributed by atoms with Gasteiger partial charge in [0.1, 0.15) is 12.4 Å². The first-order valence-corrected chi connectivity index (χ1v) is 13.2. The molecule has 0 bridgehead atoms. The minimum Gasteiger partial charge on any atom is -0.493 e. The van der Waals surface area contributed by atoms with E-state index >= 15 is 0 Å². The van der Waals surface area contributed by atoms with E-state index in [1.165, 1.54) is 0 Å². The number of nitrogens with one attached hydrogen (secondary N) is 1. The molecule has 0 spiro atoms. The number of rotatable bonds is 8. The molecule has 1 aliphatic rings. The van der Waals surface area contributed by atoms with Crippen LogP contribution in [0.4, 0.5) is 5.69 Å². The number of thiocarbonyl (C=S) groups is 1. The van der Waals surface area contributed by atoms with Gasteiger partial charge in [-0.1, -0.05) is 23.2 Å². The number of anilines is 1. The first kappa shape index (κ1) is 27.8. The summed E-state index contributed by atoms with van der Waals surface area (Å²) in [5.41, 5.74) is 3.35. The molecule has 0 aliphatic carbocycles. The molecule has 10 heteroatoms. The number of benzene rings is 3. The molecule has 0 saturated heterocycles. The fraction of sp³-hybridized carbons (Fsp3) is 0.286. The van der Waals surface area contributed by atoms with E-state index < -0.39 is 0 Å². The largest absolute Gasteiger partial charge is 0.493 e. The molecule has 0 saturated carbocycles. The third kappa shape index (κ3) is 6.26. The number of ether oxygens (including phenoxy) is 4. The average molecular weight is 576 g/mol. The lowest BCUT2D eigenvalue weighted by Crippen LogP contribution is -2.44. The fourth-order valence-electron chi connectivity index (χ4n) is 4.30. The smallest absolute Gasteiger partial charge is 0.338 e. The molecule has 1 aliphatic heterocycles. The van der Waals surface area contributed by atoms with Gasteiger partial charge in [-0.3, -0.25) is 0 Å². The minimum absolute atomic E-state index is 0.230. The molecule has 3 aromatic carbocycles. The fourth-order valence-corrected chi connectivity index (χ4v) is 4.93. The maximum Gasteiger partial charge on any atom is 0.338 e. The standard InChI is InChI=1S/C28H28Cl2N2O5S/c1-4-36-27(33)17-5-8-20(9-6-17)37-16-24-21-15-26(35-3)25(34-2)13-18(21)11-12-32(24)28(38)31-19-7-10-22(29)23(30)14-19/h5-10,13-15,24H,4,11-12,16H2,1-3H3,(H,31,38)/t24-/m1/s1. The predicted molar refractivity (Wildman–Crippen MR) is 153 cm³/mol. The van der Waals surface area contributed by atoms with Crippen molar-refractivity contribution in [2.24, 2.45) is 0 Å². The summed E-state index contributed by atoms with van der Waals surface area (Å²) in [6.45, 7) is 3.04. The van der Waals surface area contributed by atoms with Crippen molar-refractivity contribution < 1.29 is 23.7 Å². The van der Waals surface area contributed by atoms with Crippen molar-refractivity contribution in [3.05, 3.63) is 81.3 Å². The van der Waals surface area contributed by atoms with Crippen LogP contribution in [-0.4, -0.2) is 50.0 Å². The molecule has 1 N–H and O–H groups in total. The molecular formula is C28H28Cl2N2O5S. The molecule has 3 aromatic rings. The van der Waals surface area contributed by atoms with E-state index in [1.54, 1.807) is 57.5 Å². The summed E-state index contributed by atoms with van der Waals surface area (Å²) in [7, 11) is 3.23. The van der Waals surface area contributed by atoms with Gasteiger partial charge in [0.25, 0.3) is 0 Å². The summed E-state index contributed by atoms with van der Waals surface area (Å²) < 4.78 is 22.4. The summed E-state index contributed by atoms with van der Waals surface area (Å²) in [5, 5.41) is 4.70. The van der Waals surface area contributed by atoms with Gasteiger partial charge >= 0.3 is 5.97 Å². The van der Waals surface area contributed by atoms with Gasteiger partial charge in [-0.05, 0) is 91.3 Å². The van der Waals surface area contributed by atoms with Crippen molar-refractivity contribution >= 4 is 52.2 Å². The monoisotopic (exact) mass is 574 g/mol. The Morgan fingerprint density at radius 3 is 2.39 bits per heavy atom. The first-order chi connectivity index (χ1) is 18.3. The highest BCUT2D eigenvalue weighted by Gasteiger charge is 2.31. The van der Waals surface area contributed by atoms with Crippen LogP contribution in [0.15, 0.2) is 54.6 Å². The quantitative estimate of drug-likeness (QED) is 0.239. The summed E-state index contributed by atoms with van der Waals surface area (Å²) in [4.78, 5) is 14.1.